The molecule has 40 heavy (non-hydrogen) atoms. The van der Waals surface area contributed by atoms with Crippen LogP contribution in [0.4, 0.5) is 21.5 Å². The van der Waals surface area contributed by atoms with Crippen molar-refractivity contribution in [2.24, 2.45) is 10.2 Å². The van der Waals surface area contributed by atoms with Crippen LogP contribution in [-0.4, -0.2) is 14.1 Å². The van der Waals surface area contributed by atoms with Crippen LogP contribution in [0.25, 0.3) is 11.6 Å². The third-order valence-corrected chi connectivity index (χ3v) is 6.58. The van der Waals surface area contributed by atoms with Gasteiger partial charge in [0.15, 0.2) is 5.82 Å². The van der Waals surface area contributed by atoms with Crippen molar-refractivity contribution in [1.82, 2.24) is 5.32 Å². The highest BCUT2D eigenvalue weighted by atomic mass is 19.1. The number of anilines is 2. The normalized spacial score (nSPS) is 12.0. The molecule has 3 N–H and O–H groups in total. The second-order valence-electron chi connectivity index (χ2n) is 9.69. The molecule has 0 saturated carbocycles. The second-order valence-corrected chi connectivity index (χ2v) is 9.69. The zero-order valence-corrected chi connectivity index (χ0v) is 24.5. The first-order valence-corrected chi connectivity index (χ1v) is 13.4. The van der Waals surface area contributed by atoms with Gasteiger partial charge in [0.05, 0.1) is 0 Å². The molecule has 3 aromatic rings. The molecular weight excluding hydrogens is 497 g/mol. The van der Waals surface area contributed by atoms with E-state index in [9.17, 15) is 4.39 Å². The summed E-state index contributed by atoms with van der Waals surface area (Å²) in [6.45, 7) is 16.4. The fourth-order valence-electron chi connectivity index (χ4n) is 4.57. The lowest BCUT2D eigenvalue weighted by Crippen LogP contribution is -2.18. The summed E-state index contributed by atoms with van der Waals surface area (Å²) in [7, 11) is 3.44. The molecule has 208 valence electrons. The monoisotopic (exact) mass is 537 g/mol. The summed E-state index contributed by atoms with van der Waals surface area (Å²) in [6, 6.07) is 16.0. The maximum Gasteiger partial charge on any atom is 0.151 e. The maximum absolute atomic E-state index is 14.3. The van der Waals surface area contributed by atoms with Crippen LogP contribution in [0, 0.1) is 19.7 Å². The molecule has 3 aromatic carbocycles. The molecule has 5 nitrogen and oxygen atoms in total. The van der Waals surface area contributed by atoms with Crippen molar-refractivity contribution < 1.29 is 4.39 Å². The van der Waals surface area contributed by atoms with Gasteiger partial charge in [-0.3, -0.25) is 0 Å². The minimum atomic E-state index is -0.362. The van der Waals surface area contributed by atoms with E-state index in [0.29, 0.717) is 12.2 Å². The van der Waals surface area contributed by atoms with E-state index in [1.807, 2.05) is 57.3 Å². The number of nitrogens with one attached hydrogen (secondary N) is 3. The summed E-state index contributed by atoms with van der Waals surface area (Å²) in [5, 5.41) is 17.5. The number of allylic oxidation sites excluding steroid dienone is 4. The molecule has 0 spiro atoms. The van der Waals surface area contributed by atoms with E-state index in [2.05, 4.69) is 77.4 Å². The summed E-state index contributed by atoms with van der Waals surface area (Å²) in [5.74, 6) is -0.362. The van der Waals surface area contributed by atoms with Gasteiger partial charge in [-0.1, -0.05) is 68.1 Å². The molecule has 6 heteroatoms. The molecule has 4 rings (SSSR count). The Morgan fingerprint density at radius 2 is 1.82 bits per heavy atom. The molecule has 0 bridgehead atoms. The van der Waals surface area contributed by atoms with E-state index in [1.54, 1.807) is 0 Å². The minimum Gasteiger partial charge on any atom is -0.387 e. The predicted molar refractivity (Wildman–Crippen MR) is 170 cm³/mol. The van der Waals surface area contributed by atoms with Gasteiger partial charge in [-0.05, 0) is 79.3 Å². The van der Waals surface area contributed by atoms with Gasteiger partial charge in [-0.25, -0.2) is 4.39 Å². The van der Waals surface area contributed by atoms with Crippen molar-refractivity contribution >= 4 is 28.7 Å². The number of rotatable bonds is 10. The molecule has 1 aliphatic carbocycles. The Kier molecular flexibility index (Phi) is 10.6. The molecule has 0 heterocycles. The molecular formula is C34H40FN5. The van der Waals surface area contributed by atoms with E-state index in [0.717, 1.165) is 51.3 Å². The summed E-state index contributed by atoms with van der Waals surface area (Å²) in [4.78, 5) is 0. The number of benzene rings is 3. The lowest BCUT2D eigenvalue weighted by molar-refractivity contribution is 0.626. The first-order chi connectivity index (χ1) is 19.2. The average molecular weight is 538 g/mol. The van der Waals surface area contributed by atoms with Crippen LogP contribution in [0.2, 0.25) is 0 Å². The van der Waals surface area contributed by atoms with E-state index in [4.69, 9.17) is 0 Å². The first kappa shape index (κ1) is 30.1. The van der Waals surface area contributed by atoms with Crippen molar-refractivity contribution in [2.75, 3.05) is 24.7 Å². The Morgan fingerprint density at radius 3 is 2.40 bits per heavy atom. The molecule has 0 radical (unpaired) electrons. The van der Waals surface area contributed by atoms with Crippen LogP contribution in [0.3, 0.4) is 0 Å². The number of azo groups is 1. The Balaban J connectivity index is 0.000000285. The fourth-order valence-corrected chi connectivity index (χ4v) is 4.57. The van der Waals surface area contributed by atoms with Gasteiger partial charge in [0.2, 0.25) is 0 Å². The van der Waals surface area contributed by atoms with Crippen LogP contribution in [0.5, 0.6) is 0 Å². The van der Waals surface area contributed by atoms with Crippen molar-refractivity contribution in [1.29, 1.82) is 0 Å². The lowest BCUT2D eigenvalue weighted by atomic mass is 9.93. The van der Waals surface area contributed by atoms with Crippen LogP contribution >= 0.6 is 0 Å². The minimum absolute atomic E-state index is 0.291. The molecule has 0 amide bonds. The maximum atomic E-state index is 14.3. The summed E-state index contributed by atoms with van der Waals surface area (Å²) >= 11 is 0. The average Bonchev–Trinajstić information content (AvgIpc) is 2.91. The summed E-state index contributed by atoms with van der Waals surface area (Å²) < 4.78 is 14.3. The molecule has 0 aromatic heterocycles. The molecule has 0 unspecified atom stereocenters. The Morgan fingerprint density at radius 1 is 1.05 bits per heavy atom. The van der Waals surface area contributed by atoms with E-state index in [-0.39, 0.29) is 5.82 Å². The predicted octanol–water partition coefficient (Wildman–Crippen LogP) is 9.11. The zero-order chi connectivity index (χ0) is 29.2. The molecule has 0 fully saturated rings. The summed E-state index contributed by atoms with van der Waals surface area (Å²) in [6.07, 6.45) is 6.87. The van der Waals surface area contributed by atoms with Crippen LogP contribution in [0.15, 0.2) is 95.5 Å². The Hall–Kier alpha value is -4.45. The number of hydrogen-bond acceptors (Lipinski definition) is 5. The Labute approximate surface area is 238 Å². The smallest absolute Gasteiger partial charge is 0.151 e. The fraction of sp³-hybridized carbons (Fsp3) is 0.235. The van der Waals surface area contributed by atoms with Crippen molar-refractivity contribution in [3.63, 3.8) is 0 Å². The standard InChI is InChI=1S/C22H23FN4.C12H17N/c1-5-15-7-6-8-16(22(15)24-3)13-26-20-10-9-18(20)17-11-14(2)21(27-25-4)19(23)12-17;1-5-11-8-10(4)6-7-12(11)13-9(2)3/h5-12,24,26H,1,13H2,2-4H3;6-8,13H,2,5H2,1,3-4H3. The topological polar surface area (TPSA) is 60.8 Å². The van der Waals surface area contributed by atoms with Crippen molar-refractivity contribution in [3.8, 4) is 0 Å². The highest BCUT2D eigenvalue weighted by Gasteiger charge is 2.17. The number of halogens is 1. The highest BCUT2D eigenvalue weighted by Crippen LogP contribution is 2.34. The van der Waals surface area contributed by atoms with Gasteiger partial charge in [0.1, 0.15) is 5.69 Å². The number of nitrogens with zero attached hydrogens (tertiary/aromatic N) is 2. The zero-order valence-electron chi connectivity index (χ0n) is 24.5. The van der Waals surface area contributed by atoms with Crippen LogP contribution in [-0.2, 0) is 13.0 Å². The SMILES string of the molecule is C=C(C)Nc1ccc(C)cc1CC.C=Cc1cccc(CNC2=CC=C2c2cc(C)c(N=NC)c(F)c2)c1NC. The highest BCUT2D eigenvalue weighted by molar-refractivity contribution is 5.86. The molecule has 1 aliphatic rings. The first-order valence-electron chi connectivity index (χ1n) is 13.4. The van der Waals surface area contributed by atoms with Crippen molar-refractivity contribution in [2.45, 2.75) is 40.7 Å². The van der Waals surface area contributed by atoms with E-state index in [1.165, 1.54) is 29.9 Å². The Bertz CT molecular complexity index is 1460. The van der Waals surface area contributed by atoms with Gasteiger partial charge in [-0.2, -0.15) is 10.2 Å². The molecule has 0 aliphatic heterocycles. The third kappa shape index (κ3) is 7.35. The summed E-state index contributed by atoms with van der Waals surface area (Å²) in [5.41, 5.74) is 12.0. The van der Waals surface area contributed by atoms with Gasteiger partial charge in [-0.15, -0.1) is 0 Å². The molecule has 0 saturated heterocycles. The van der Waals surface area contributed by atoms with Gasteiger partial charge < -0.3 is 16.0 Å². The van der Waals surface area contributed by atoms with E-state index < -0.39 is 0 Å². The second kappa shape index (κ2) is 14.1. The largest absolute Gasteiger partial charge is 0.387 e. The number of hydrogen-bond donors (Lipinski definition) is 3. The van der Waals surface area contributed by atoms with Gasteiger partial charge in [0, 0.05) is 49.0 Å². The molecule has 0 atom stereocenters. The van der Waals surface area contributed by atoms with Crippen molar-refractivity contribution in [3.05, 3.63) is 124 Å². The van der Waals surface area contributed by atoms with E-state index >= 15 is 0 Å². The van der Waals surface area contributed by atoms with Crippen LogP contribution < -0.4 is 16.0 Å². The van der Waals surface area contributed by atoms with Gasteiger partial charge in [0.25, 0.3) is 0 Å². The quantitative estimate of drug-likeness (QED) is 0.226. The van der Waals surface area contributed by atoms with Gasteiger partial charge >= 0.3 is 0 Å². The third-order valence-electron chi connectivity index (χ3n) is 6.58. The number of para-hydroxylation sites is 1. The lowest BCUT2D eigenvalue weighted by Gasteiger charge is -2.22. The number of aryl methyl sites for hydroxylation is 3. The van der Waals surface area contributed by atoms with Crippen LogP contribution in [0.1, 0.15) is 47.2 Å².